The molecule has 0 aliphatic carbocycles. The molecular formula is C28H27N2O6+. The molecule has 0 radical (unpaired) electrons. The van der Waals surface area contributed by atoms with Crippen LogP contribution in [0, 0.1) is 0 Å². The summed E-state index contributed by atoms with van der Waals surface area (Å²) in [4.78, 5) is 11.5. The van der Waals surface area contributed by atoms with Crippen LogP contribution in [-0.2, 0) is 9.53 Å². The number of hydrogen-bond donors (Lipinski definition) is 4. The van der Waals surface area contributed by atoms with E-state index in [1.54, 1.807) is 18.7 Å². The number of benzene rings is 3. The molecule has 8 nitrogen and oxygen atoms in total. The first-order valence-electron chi connectivity index (χ1n) is 11.6. The molecule has 184 valence electrons. The lowest BCUT2D eigenvalue weighted by atomic mass is 9.96. The molecule has 36 heavy (non-hydrogen) atoms. The van der Waals surface area contributed by atoms with Crippen LogP contribution >= 0.6 is 0 Å². The number of ether oxygens (including phenoxy) is 1. The van der Waals surface area contributed by atoms with E-state index in [9.17, 15) is 25.2 Å². The van der Waals surface area contributed by atoms with Gasteiger partial charge in [0.25, 0.3) is 0 Å². The lowest BCUT2D eigenvalue weighted by Crippen LogP contribution is -2.63. The quantitative estimate of drug-likeness (QED) is 0.310. The Kier molecular flexibility index (Phi) is 6.67. The predicted octanol–water partition coefficient (Wildman–Crippen LogP) is 2.15. The highest BCUT2D eigenvalue weighted by Gasteiger charge is 2.49. The fourth-order valence-electron chi connectivity index (χ4n) is 4.66. The van der Waals surface area contributed by atoms with Gasteiger partial charge >= 0.3 is 5.97 Å². The third-order valence-electron chi connectivity index (χ3n) is 6.55. The van der Waals surface area contributed by atoms with E-state index in [4.69, 9.17) is 4.74 Å². The zero-order chi connectivity index (χ0) is 25.2. The molecule has 6 unspecified atom stereocenters. The number of aliphatic carboxylic acids is 1. The van der Waals surface area contributed by atoms with Crippen LogP contribution in [0.5, 0.6) is 0 Å². The molecule has 8 heteroatoms. The van der Waals surface area contributed by atoms with Crippen LogP contribution in [0.3, 0.4) is 0 Å². The Bertz CT molecular complexity index is 1310. The van der Waals surface area contributed by atoms with E-state index in [2.05, 4.69) is 36.4 Å². The summed E-state index contributed by atoms with van der Waals surface area (Å²) in [5, 5.41) is 40.1. The second-order valence-corrected chi connectivity index (χ2v) is 8.87. The van der Waals surface area contributed by atoms with Crippen LogP contribution in [0.2, 0.25) is 0 Å². The average Bonchev–Trinajstić information content (AvgIpc) is 3.38. The van der Waals surface area contributed by atoms with Gasteiger partial charge in [0.1, 0.15) is 30.7 Å². The summed E-state index contributed by atoms with van der Waals surface area (Å²) >= 11 is 0. The number of aliphatic hydroxyl groups excluding tert-OH is 3. The van der Waals surface area contributed by atoms with Crippen molar-refractivity contribution < 1.29 is 34.5 Å². The molecule has 0 amide bonds. The van der Waals surface area contributed by atoms with Crippen molar-refractivity contribution >= 4 is 5.97 Å². The normalized spacial score (nSPS) is 24.8. The number of hydrogen-bond acceptors (Lipinski definition) is 5. The summed E-state index contributed by atoms with van der Waals surface area (Å²) < 4.78 is 8.92. The van der Waals surface area contributed by atoms with E-state index in [-0.39, 0.29) is 6.04 Å². The monoisotopic (exact) mass is 487 g/mol. The molecule has 5 rings (SSSR count). The summed E-state index contributed by atoms with van der Waals surface area (Å²) in [6.45, 7) is 0. The second-order valence-electron chi connectivity index (χ2n) is 8.87. The molecule has 6 atom stereocenters. The van der Waals surface area contributed by atoms with E-state index >= 15 is 0 Å². The highest BCUT2D eigenvalue weighted by Crippen LogP contribution is 2.30. The molecule has 0 spiro atoms. The van der Waals surface area contributed by atoms with Gasteiger partial charge in [0.05, 0.1) is 0 Å². The van der Waals surface area contributed by atoms with Gasteiger partial charge in [-0.05, 0) is 11.1 Å². The Morgan fingerprint density at radius 3 is 2.00 bits per heavy atom. The maximum atomic E-state index is 11.5. The first kappa shape index (κ1) is 23.9. The number of rotatable bonds is 6. The minimum absolute atomic E-state index is 0.219. The number of nitrogens with zero attached hydrogens (tertiary/aromatic N) is 2. The lowest BCUT2D eigenvalue weighted by molar-refractivity contribution is -0.776. The predicted molar refractivity (Wildman–Crippen MR) is 130 cm³/mol. The molecule has 1 aliphatic rings. The van der Waals surface area contributed by atoms with Crippen LogP contribution in [0.4, 0.5) is 0 Å². The van der Waals surface area contributed by atoms with Gasteiger partial charge in [-0.2, -0.15) is 0 Å². The van der Waals surface area contributed by atoms with E-state index in [1.807, 2.05) is 53.1 Å². The third-order valence-corrected chi connectivity index (χ3v) is 6.55. The van der Waals surface area contributed by atoms with Crippen molar-refractivity contribution in [3.05, 3.63) is 115 Å². The van der Waals surface area contributed by atoms with E-state index < -0.39 is 36.6 Å². The average molecular weight is 488 g/mol. The summed E-state index contributed by atoms with van der Waals surface area (Å²) in [6.07, 6.45) is -2.65. The molecule has 1 saturated heterocycles. The SMILES string of the molecule is O=C(O)C1OC([n+]2ccn(C(c3ccccc3)c3ccc(-c4ccccc4)cc3)c2)C(O)C(O)C1O. The third kappa shape index (κ3) is 4.55. The number of carboxylic acid groups (broad SMARTS) is 1. The smallest absolute Gasteiger partial charge is 0.335 e. The van der Waals surface area contributed by atoms with Crippen molar-refractivity contribution in [2.24, 2.45) is 0 Å². The molecule has 3 aromatic carbocycles. The molecule has 0 bridgehead atoms. The van der Waals surface area contributed by atoms with Crippen molar-refractivity contribution in [2.45, 2.75) is 36.7 Å². The number of carbonyl (C=O) groups is 1. The van der Waals surface area contributed by atoms with Gasteiger partial charge in [-0.3, -0.25) is 0 Å². The molecule has 4 aromatic rings. The highest BCUT2D eigenvalue weighted by molar-refractivity contribution is 5.73. The minimum atomic E-state index is -1.74. The Morgan fingerprint density at radius 2 is 1.36 bits per heavy atom. The number of aromatic nitrogens is 2. The largest absolute Gasteiger partial charge is 0.479 e. The molecule has 2 heterocycles. The number of imidazole rings is 1. The first-order chi connectivity index (χ1) is 17.4. The molecule has 1 aromatic heterocycles. The van der Waals surface area contributed by atoms with Crippen molar-refractivity contribution in [3.63, 3.8) is 0 Å². The van der Waals surface area contributed by atoms with Gasteiger partial charge in [0, 0.05) is 11.1 Å². The lowest BCUT2D eigenvalue weighted by Gasteiger charge is -2.36. The van der Waals surface area contributed by atoms with Gasteiger partial charge in [0.15, 0.2) is 12.1 Å². The van der Waals surface area contributed by atoms with Crippen LogP contribution in [-0.4, -0.2) is 55.4 Å². The maximum Gasteiger partial charge on any atom is 0.335 e. The fraction of sp³-hybridized carbons (Fsp3) is 0.214. The van der Waals surface area contributed by atoms with Crippen molar-refractivity contribution in [1.82, 2.24) is 4.57 Å². The van der Waals surface area contributed by atoms with Crippen LogP contribution in [0.25, 0.3) is 11.1 Å². The molecule has 4 N–H and O–H groups in total. The van der Waals surface area contributed by atoms with Gasteiger partial charge in [-0.25, -0.2) is 13.9 Å². The summed E-state index contributed by atoms with van der Waals surface area (Å²) in [7, 11) is 0. The second kappa shape index (κ2) is 10.0. The minimum Gasteiger partial charge on any atom is -0.479 e. The summed E-state index contributed by atoms with van der Waals surface area (Å²) in [5.41, 5.74) is 4.26. The zero-order valence-corrected chi connectivity index (χ0v) is 19.3. The van der Waals surface area contributed by atoms with Gasteiger partial charge in [-0.1, -0.05) is 84.9 Å². The molecule has 1 aliphatic heterocycles. The van der Waals surface area contributed by atoms with E-state index in [1.165, 1.54) is 4.57 Å². The topological polar surface area (TPSA) is 116 Å². The van der Waals surface area contributed by atoms with Crippen LogP contribution in [0.1, 0.15) is 23.4 Å². The van der Waals surface area contributed by atoms with Gasteiger partial charge in [0.2, 0.25) is 12.6 Å². The Morgan fingerprint density at radius 1 is 0.778 bits per heavy atom. The van der Waals surface area contributed by atoms with E-state index in [0.29, 0.717) is 0 Å². The molecular weight excluding hydrogens is 460 g/mol. The van der Waals surface area contributed by atoms with Crippen molar-refractivity contribution in [1.29, 1.82) is 0 Å². The Labute approximate surface area is 207 Å². The summed E-state index contributed by atoms with van der Waals surface area (Å²) in [5.74, 6) is -1.42. The maximum absolute atomic E-state index is 11.5. The van der Waals surface area contributed by atoms with Crippen molar-refractivity contribution in [2.75, 3.05) is 0 Å². The standard InChI is InChI=1S/C28H26N2O6/c31-23-24(32)26(28(34)35)36-27(25(23)33)30-16-15-29(17-30)22(20-9-5-2-6-10-20)21-13-11-19(12-14-21)18-7-3-1-4-8-18/h1-17,22-27,31-33H/p+1. The van der Waals surface area contributed by atoms with Gasteiger partial charge in [-0.15, -0.1) is 0 Å². The van der Waals surface area contributed by atoms with Crippen LogP contribution in [0.15, 0.2) is 104 Å². The van der Waals surface area contributed by atoms with Gasteiger partial charge < -0.3 is 25.2 Å². The Balaban J connectivity index is 1.49. The highest BCUT2D eigenvalue weighted by atomic mass is 16.6. The number of aliphatic hydroxyl groups is 3. The zero-order valence-electron chi connectivity index (χ0n) is 19.3. The van der Waals surface area contributed by atoms with Crippen LogP contribution < -0.4 is 4.57 Å². The van der Waals surface area contributed by atoms with Crippen molar-refractivity contribution in [3.8, 4) is 11.1 Å². The summed E-state index contributed by atoms with van der Waals surface area (Å²) in [6, 6.07) is 28.1. The van der Waals surface area contributed by atoms with E-state index in [0.717, 1.165) is 22.3 Å². The first-order valence-corrected chi connectivity index (χ1v) is 11.6. The number of carboxylic acids is 1. The molecule has 0 saturated carbocycles. The molecule has 1 fully saturated rings. The fourth-order valence-corrected chi connectivity index (χ4v) is 4.66. The Hall–Kier alpha value is -3.82.